The quantitative estimate of drug-likeness (QED) is 0.618. The van der Waals surface area contributed by atoms with Gasteiger partial charge in [0.1, 0.15) is 0 Å². The molecule has 0 saturated heterocycles. The summed E-state index contributed by atoms with van der Waals surface area (Å²) in [4.78, 5) is 10.2. The van der Waals surface area contributed by atoms with E-state index >= 15 is 0 Å². The van der Waals surface area contributed by atoms with Crippen LogP contribution < -0.4 is 11.1 Å². The number of urea groups is 1. The molecule has 0 aromatic carbocycles. The molecule has 0 fully saturated rings. The first kappa shape index (κ1) is 8.58. The number of carbonyl (C=O) groups is 1. The number of hydrogen-bond acceptors (Lipinski definition) is 2. The lowest BCUT2D eigenvalue weighted by atomic mass is 10.4. The van der Waals surface area contributed by atoms with Crippen LogP contribution in [0.4, 0.5) is 4.79 Å². The molecule has 0 spiro atoms. The smallest absolute Gasteiger partial charge is 0.312 e. The van der Waals surface area contributed by atoms with E-state index in [1.165, 1.54) is 0 Å². The standard InChI is InChI=1S/C7H12N4O/c8-7(12)9-3-1-5-11-6-2-4-10-11/h2,4,6H,1,3,5H2,(H3,8,9,12). The van der Waals surface area contributed by atoms with E-state index in [2.05, 4.69) is 10.4 Å². The molecule has 3 N–H and O–H groups in total. The molecular formula is C7H12N4O. The minimum absolute atomic E-state index is 0.476. The molecule has 2 amide bonds. The van der Waals surface area contributed by atoms with Crippen LogP contribution in [0.15, 0.2) is 18.5 Å². The normalized spacial score (nSPS) is 9.67. The summed E-state index contributed by atoms with van der Waals surface area (Å²) in [6.45, 7) is 1.39. The van der Waals surface area contributed by atoms with E-state index < -0.39 is 6.03 Å². The zero-order chi connectivity index (χ0) is 8.81. The molecule has 1 heterocycles. The van der Waals surface area contributed by atoms with Crippen molar-refractivity contribution in [2.45, 2.75) is 13.0 Å². The van der Waals surface area contributed by atoms with Crippen LogP contribution >= 0.6 is 0 Å². The minimum atomic E-state index is -0.476. The van der Waals surface area contributed by atoms with Crippen LogP contribution in [0.3, 0.4) is 0 Å². The number of amides is 2. The third-order valence-electron chi connectivity index (χ3n) is 1.42. The second kappa shape index (κ2) is 4.38. The van der Waals surface area contributed by atoms with Crippen LogP contribution in [0.25, 0.3) is 0 Å². The highest BCUT2D eigenvalue weighted by Gasteiger charge is 1.92. The minimum Gasteiger partial charge on any atom is -0.352 e. The molecule has 1 aromatic rings. The maximum absolute atomic E-state index is 10.2. The van der Waals surface area contributed by atoms with Crippen molar-refractivity contribution in [3.05, 3.63) is 18.5 Å². The average molecular weight is 168 g/mol. The van der Waals surface area contributed by atoms with Gasteiger partial charge < -0.3 is 11.1 Å². The van der Waals surface area contributed by atoms with E-state index in [1.54, 1.807) is 6.20 Å². The third kappa shape index (κ3) is 3.05. The Bertz CT molecular complexity index is 232. The number of aryl methyl sites for hydroxylation is 1. The number of primary amides is 1. The van der Waals surface area contributed by atoms with E-state index in [0.29, 0.717) is 6.54 Å². The van der Waals surface area contributed by atoms with Gasteiger partial charge in [-0.15, -0.1) is 0 Å². The van der Waals surface area contributed by atoms with Crippen molar-refractivity contribution in [1.82, 2.24) is 15.1 Å². The zero-order valence-corrected chi connectivity index (χ0v) is 6.73. The fourth-order valence-electron chi connectivity index (χ4n) is 0.885. The fourth-order valence-corrected chi connectivity index (χ4v) is 0.885. The molecule has 0 aliphatic carbocycles. The lowest BCUT2D eigenvalue weighted by molar-refractivity contribution is 0.248. The van der Waals surface area contributed by atoms with Crippen LogP contribution in [-0.4, -0.2) is 22.4 Å². The van der Waals surface area contributed by atoms with Crippen LogP contribution in [0.5, 0.6) is 0 Å². The summed E-state index contributed by atoms with van der Waals surface area (Å²) < 4.78 is 1.81. The number of nitrogens with one attached hydrogen (secondary N) is 1. The Hall–Kier alpha value is -1.52. The van der Waals surface area contributed by atoms with Gasteiger partial charge in [0, 0.05) is 25.5 Å². The molecule has 0 bridgehead atoms. The molecule has 5 nitrogen and oxygen atoms in total. The fraction of sp³-hybridized carbons (Fsp3) is 0.429. The average Bonchev–Trinajstić information content (AvgIpc) is 2.49. The maximum Gasteiger partial charge on any atom is 0.312 e. The summed E-state index contributed by atoms with van der Waals surface area (Å²) in [5.74, 6) is 0. The zero-order valence-electron chi connectivity index (χ0n) is 6.73. The molecule has 0 unspecified atom stereocenters. The van der Waals surface area contributed by atoms with E-state index in [0.717, 1.165) is 13.0 Å². The van der Waals surface area contributed by atoms with Crippen molar-refractivity contribution in [3.63, 3.8) is 0 Å². The summed E-state index contributed by atoms with van der Waals surface area (Å²) in [5.41, 5.74) is 4.88. The van der Waals surface area contributed by atoms with E-state index in [4.69, 9.17) is 5.73 Å². The number of aromatic nitrogens is 2. The molecule has 0 radical (unpaired) electrons. The number of rotatable bonds is 4. The van der Waals surface area contributed by atoms with Crippen LogP contribution in [0.2, 0.25) is 0 Å². The Kier molecular flexibility index (Phi) is 3.13. The van der Waals surface area contributed by atoms with Crippen molar-refractivity contribution in [3.8, 4) is 0 Å². The lowest BCUT2D eigenvalue weighted by Crippen LogP contribution is -2.30. The molecular weight excluding hydrogens is 156 g/mol. The van der Waals surface area contributed by atoms with Gasteiger partial charge in [-0.25, -0.2) is 4.79 Å². The van der Waals surface area contributed by atoms with Crippen LogP contribution in [0.1, 0.15) is 6.42 Å². The summed E-state index contributed by atoms with van der Waals surface area (Å²) in [6, 6.07) is 1.39. The molecule has 1 aromatic heterocycles. The maximum atomic E-state index is 10.2. The molecule has 12 heavy (non-hydrogen) atoms. The first-order valence-corrected chi connectivity index (χ1v) is 3.80. The highest BCUT2D eigenvalue weighted by atomic mass is 16.2. The molecule has 0 atom stereocenters. The van der Waals surface area contributed by atoms with Crippen LogP contribution in [-0.2, 0) is 6.54 Å². The lowest BCUT2D eigenvalue weighted by Gasteiger charge is -2.01. The van der Waals surface area contributed by atoms with Gasteiger partial charge in [0.15, 0.2) is 0 Å². The van der Waals surface area contributed by atoms with Crippen LogP contribution in [0, 0.1) is 0 Å². The first-order valence-electron chi connectivity index (χ1n) is 3.80. The van der Waals surface area contributed by atoms with Gasteiger partial charge in [-0.2, -0.15) is 5.10 Å². The predicted octanol–water partition coefficient (Wildman–Crippen LogP) is -0.0585. The van der Waals surface area contributed by atoms with Gasteiger partial charge in [-0.1, -0.05) is 0 Å². The Balaban J connectivity index is 2.07. The predicted molar refractivity (Wildman–Crippen MR) is 44.4 cm³/mol. The van der Waals surface area contributed by atoms with Gasteiger partial charge in [0.25, 0.3) is 0 Å². The topological polar surface area (TPSA) is 72.9 Å². The van der Waals surface area contributed by atoms with Gasteiger partial charge in [-0.05, 0) is 12.5 Å². The van der Waals surface area contributed by atoms with Crippen molar-refractivity contribution in [1.29, 1.82) is 0 Å². The van der Waals surface area contributed by atoms with Crippen molar-refractivity contribution >= 4 is 6.03 Å². The van der Waals surface area contributed by atoms with Crippen molar-refractivity contribution < 1.29 is 4.79 Å². The Morgan fingerprint density at radius 2 is 2.50 bits per heavy atom. The van der Waals surface area contributed by atoms with Crippen molar-refractivity contribution in [2.24, 2.45) is 5.73 Å². The summed E-state index contributed by atoms with van der Waals surface area (Å²) >= 11 is 0. The monoisotopic (exact) mass is 168 g/mol. The largest absolute Gasteiger partial charge is 0.352 e. The number of nitrogens with zero attached hydrogens (tertiary/aromatic N) is 2. The third-order valence-corrected chi connectivity index (χ3v) is 1.42. The highest BCUT2D eigenvalue weighted by molar-refractivity contribution is 5.71. The second-order valence-electron chi connectivity index (χ2n) is 2.41. The summed E-state index contributed by atoms with van der Waals surface area (Å²) in [6.07, 6.45) is 4.44. The van der Waals surface area contributed by atoms with E-state index in [-0.39, 0.29) is 0 Å². The first-order chi connectivity index (χ1) is 5.79. The Morgan fingerprint density at radius 3 is 3.08 bits per heavy atom. The number of nitrogens with two attached hydrogens (primary N) is 1. The van der Waals surface area contributed by atoms with Gasteiger partial charge in [-0.3, -0.25) is 4.68 Å². The molecule has 0 aliphatic heterocycles. The Labute approximate surface area is 70.5 Å². The molecule has 0 aliphatic rings. The number of hydrogen-bond donors (Lipinski definition) is 2. The summed E-state index contributed by atoms with van der Waals surface area (Å²) in [5, 5.41) is 6.51. The van der Waals surface area contributed by atoms with E-state index in [9.17, 15) is 4.79 Å². The van der Waals surface area contributed by atoms with Crippen molar-refractivity contribution in [2.75, 3.05) is 6.54 Å². The Morgan fingerprint density at radius 1 is 1.67 bits per heavy atom. The molecule has 1 rings (SSSR count). The van der Waals surface area contributed by atoms with E-state index in [1.807, 2.05) is 16.9 Å². The van der Waals surface area contributed by atoms with Gasteiger partial charge in [0.05, 0.1) is 0 Å². The second-order valence-corrected chi connectivity index (χ2v) is 2.41. The molecule has 5 heteroatoms. The highest BCUT2D eigenvalue weighted by Crippen LogP contribution is 1.87. The molecule has 0 saturated carbocycles. The SMILES string of the molecule is NC(=O)NCCCn1cccn1. The van der Waals surface area contributed by atoms with Gasteiger partial charge in [0.2, 0.25) is 0 Å². The van der Waals surface area contributed by atoms with Gasteiger partial charge >= 0.3 is 6.03 Å². The number of carbonyl (C=O) groups excluding carboxylic acids is 1. The molecule has 66 valence electrons. The summed E-state index contributed by atoms with van der Waals surface area (Å²) in [7, 11) is 0.